The zero-order valence-electron chi connectivity index (χ0n) is 20.8. The van der Waals surface area contributed by atoms with Crippen molar-refractivity contribution in [3.63, 3.8) is 0 Å². The van der Waals surface area contributed by atoms with Crippen LogP contribution < -0.4 is 0 Å². The minimum Gasteiger partial charge on any atom is -0.393 e. The Morgan fingerprint density at radius 3 is 2.58 bits per heavy atom. The first-order valence-electron chi connectivity index (χ1n) is 13.6. The molecule has 1 N–H and O–H groups in total. The second-order valence-corrected chi connectivity index (χ2v) is 12.4. The van der Waals surface area contributed by atoms with Gasteiger partial charge in [0.1, 0.15) is 0 Å². The molecule has 4 rings (SSSR count). The molecule has 4 saturated carbocycles. The maximum absolute atomic E-state index is 10.1. The van der Waals surface area contributed by atoms with Crippen LogP contribution >= 0.6 is 0 Å². The van der Waals surface area contributed by atoms with E-state index in [1.165, 1.54) is 68.9 Å². The Morgan fingerprint density at radius 1 is 1.10 bits per heavy atom. The van der Waals surface area contributed by atoms with Gasteiger partial charge in [-0.05, 0) is 104 Å². The van der Waals surface area contributed by atoms with E-state index in [-0.39, 0.29) is 6.10 Å². The number of hydrogen-bond acceptors (Lipinski definition) is 1. The summed E-state index contributed by atoms with van der Waals surface area (Å²) >= 11 is 0. The molecule has 0 aromatic carbocycles. The van der Waals surface area contributed by atoms with Gasteiger partial charge in [-0.2, -0.15) is 0 Å². The molecule has 0 radical (unpaired) electrons. The highest BCUT2D eigenvalue weighted by Gasteiger charge is 2.57. The van der Waals surface area contributed by atoms with Gasteiger partial charge in [0, 0.05) is 0 Å². The lowest BCUT2D eigenvalue weighted by molar-refractivity contribution is 0.0687. The lowest BCUT2D eigenvalue weighted by Crippen LogP contribution is -2.37. The molecule has 174 valence electrons. The number of aliphatic hydroxyl groups excluding tert-OH is 1. The summed E-state index contributed by atoms with van der Waals surface area (Å²) in [5.74, 6) is 5.38. The number of fused-ring (bicyclic) bond motifs is 1. The van der Waals surface area contributed by atoms with Crippen LogP contribution in [-0.2, 0) is 0 Å². The first-order chi connectivity index (χ1) is 14.8. The average Bonchev–Trinajstić information content (AvgIpc) is 3.50. The maximum atomic E-state index is 10.1. The predicted molar refractivity (Wildman–Crippen MR) is 133 cm³/mol. The van der Waals surface area contributed by atoms with Crippen LogP contribution in [0.1, 0.15) is 105 Å². The molecule has 0 heterocycles. The van der Waals surface area contributed by atoms with Crippen molar-refractivity contribution in [2.75, 3.05) is 0 Å². The van der Waals surface area contributed by atoms with E-state index >= 15 is 0 Å². The van der Waals surface area contributed by atoms with Crippen LogP contribution in [0.2, 0.25) is 0 Å². The lowest BCUT2D eigenvalue weighted by atomic mass is 9.59. The van der Waals surface area contributed by atoms with E-state index in [1.54, 1.807) is 5.57 Å². The Labute approximate surface area is 192 Å². The van der Waals surface area contributed by atoms with Gasteiger partial charge in [0.15, 0.2) is 0 Å². The van der Waals surface area contributed by atoms with E-state index in [0.29, 0.717) is 5.41 Å². The molecule has 4 fully saturated rings. The Hall–Kier alpha value is -0.820. The molecule has 6 atom stereocenters. The van der Waals surface area contributed by atoms with Gasteiger partial charge in [-0.25, -0.2) is 0 Å². The van der Waals surface area contributed by atoms with E-state index in [4.69, 9.17) is 0 Å². The molecule has 0 saturated heterocycles. The molecular weight excluding hydrogens is 376 g/mol. The fourth-order valence-electron chi connectivity index (χ4n) is 7.88. The zero-order valence-corrected chi connectivity index (χ0v) is 20.8. The number of aliphatic hydroxyl groups is 1. The van der Waals surface area contributed by atoms with Crippen LogP contribution in [0.25, 0.3) is 0 Å². The minimum atomic E-state index is -0.173. The van der Waals surface area contributed by atoms with Crippen LogP contribution in [0.15, 0.2) is 35.5 Å². The minimum absolute atomic E-state index is 0.173. The second-order valence-electron chi connectivity index (χ2n) is 12.4. The summed E-state index contributed by atoms with van der Waals surface area (Å²) in [5, 5.41) is 10.1. The van der Waals surface area contributed by atoms with Gasteiger partial charge in [-0.3, -0.25) is 0 Å². The maximum Gasteiger partial charge on any atom is 0.0583 e. The predicted octanol–water partition coefficient (Wildman–Crippen LogP) is 8.26. The smallest absolute Gasteiger partial charge is 0.0583 e. The largest absolute Gasteiger partial charge is 0.393 e. The highest BCUT2D eigenvalue weighted by molar-refractivity contribution is 5.36. The summed E-state index contributed by atoms with van der Waals surface area (Å²) in [5.41, 5.74) is 4.76. The van der Waals surface area contributed by atoms with Crippen molar-refractivity contribution in [1.82, 2.24) is 0 Å². The van der Waals surface area contributed by atoms with Crippen LogP contribution in [-0.4, -0.2) is 11.2 Å². The van der Waals surface area contributed by atoms with E-state index in [2.05, 4.69) is 46.4 Å². The van der Waals surface area contributed by atoms with Crippen LogP contribution in [0.3, 0.4) is 0 Å². The molecule has 1 nitrogen and oxygen atoms in total. The number of rotatable bonds is 7. The fraction of sp³-hybridized carbons (Fsp3) is 0.800. The Balaban J connectivity index is 1.54. The van der Waals surface area contributed by atoms with Crippen molar-refractivity contribution in [3.05, 3.63) is 35.5 Å². The third-order valence-corrected chi connectivity index (χ3v) is 9.62. The van der Waals surface area contributed by atoms with Gasteiger partial charge < -0.3 is 5.11 Å². The molecule has 0 aromatic rings. The van der Waals surface area contributed by atoms with E-state index in [1.807, 2.05) is 0 Å². The molecule has 4 aliphatic carbocycles. The number of allylic oxidation sites excluding steroid dienone is 4. The van der Waals surface area contributed by atoms with Crippen molar-refractivity contribution in [2.24, 2.45) is 40.9 Å². The van der Waals surface area contributed by atoms with E-state index in [0.717, 1.165) is 54.8 Å². The molecule has 0 amide bonds. The summed E-state index contributed by atoms with van der Waals surface area (Å²) in [7, 11) is 0. The van der Waals surface area contributed by atoms with Gasteiger partial charge in [0.2, 0.25) is 0 Å². The number of hydrogen-bond donors (Lipinski definition) is 1. The zero-order chi connectivity index (χ0) is 22.2. The molecule has 0 spiro atoms. The normalized spacial score (nSPS) is 40.0. The molecule has 0 aliphatic heterocycles. The second kappa shape index (κ2) is 9.58. The van der Waals surface area contributed by atoms with Gasteiger partial charge >= 0.3 is 0 Å². The Bertz CT molecular complexity index is 708. The topological polar surface area (TPSA) is 20.2 Å². The molecular formula is C30H48O. The van der Waals surface area contributed by atoms with Gasteiger partial charge in [-0.1, -0.05) is 76.8 Å². The van der Waals surface area contributed by atoms with Gasteiger partial charge in [0.05, 0.1) is 6.10 Å². The third kappa shape index (κ3) is 5.07. The van der Waals surface area contributed by atoms with Crippen LogP contribution in [0.5, 0.6) is 0 Å². The molecule has 0 aromatic heterocycles. The van der Waals surface area contributed by atoms with Gasteiger partial charge in [0.25, 0.3) is 0 Å². The van der Waals surface area contributed by atoms with Crippen LogP contribution in [0.4, 0.5) is 0 Å². The summed E-state index contributed by atoms with van der Waals surface area (Å²) in [6.07, 6.45) is 20.0. The Morgan fingerprint density at radius 2 is 1.87 bits per heavy atom. The molecule has 1 unspecified atom stereocenters. The SMILES string of the molecule is C=C1CC[C@H](O)C/C1=C\C=C1/CCC[C@@]2(C)[C@H]1CC(C1CC1)[C@H]2[C@H](C)CCCC(C)C. The highest BCUT2D eigenvalue weighted by atomic mass is 16.3. The Kier molecular flexibility index (Phi) is 7.21. The monoisotopic (exact) mass is 424 g/mol. The lowest BCUT2D eigenvalue weighted by Gasteiger charge is -2.45. The molecule has 0 bridgehead atoms. The van der Waals surface area contributed by atoms with Crippen molar-refractivity contribution >= 4 is 0 Å². The van der Waals surface area contributed by atoms with Crippen molar-refractivity contribution in [1.29, 1.82) is 0 Å². The first-order valence-corrected chi connectivity index (χ1v) is 13.6. The summed E-state index contributed by atoms with van der Waals surface area (Å²) in [6.45, 7) is 14.3. The van der Waals surface area contributed by atoms with Crippen molar-refractivity contribution in [2.45, 2.75) is 111 Å². The van der Waals surface area contributed by atoms with E-state index < -0.39 is 0 Å². The highest BCUT2D eigenvalue weighted by Crippen LogP contribution is 2.66. The molecule has 1 heteroatoms. The standard InChI is InChI=1S/C30H48O/c1-20(2)8-6-9-22(4)29-27(23-12-13-23)19-28-24(10-7-17-30(28,29)5)14-15-25-18-26(31)16-11-21(25)3/h14-15,20,22-23,26-29,31H,3,6-13,16-19H2,1-2,4-5H3/b24-14+,25-15+/t22-,26+,27?,28+,29-,30+/m1/s1. The molecule has 31 heavy (non-hydrogen) atoms. The summed E-state index contributed by atoms with van der Waals surface area (Å²) in [6, 6.07) is 0. The van der Waals surface area contributed by atoms with Crippen LogP contribution in [0, 0.1) is 40.9 Å². The average molecular weight is 425 g/mol. The first kappa shape index (κ1) is 23.3. The summed E-state index contributed by atoms with van der Waals surface area (Å²) < 4.78 is 0. The van der Waals surface area contributed by atoms with E-state index in [9.17, 15) is 5.11 Å². The molecule has 4 aliphatic rings. The van der Waals surface area contributed by atoms with Gasteiger partial charge in [-0.15, -0.1) is 0 Å². The summed E-state index contributed by atoms with van der Waals surface area (Å²) in [4.78, 5) is 0. The fourth-order valence-corrected chi connectivity index (χ4v) is 7.88. The third-order valence-electron chi connectivity index (χ3n) is 9.62. The van der Waals surface area contributed by atoms with Crippen molar-refractivity contribution < 1.29 is 5.11 Å². The quantitative estimate of drug-likeness (QED) is 0.436. The van der Waals surface area contributed by atoms with Crippen molar-refractivity contribution in [3.8, 4) is 0 Å².